The summed E-state index contributed by atoms with van der Waals surface area (Å²) in [5, 5.41) is 3.31. The van der Waals surface area contributed by atoms with E-state index in [2.05, 4.69) is 19.2 Å². The number of halogens is 2. The second-order valence-corrected chi connectivity index (χ2v) is 5.24. The van der Waals surface area contributed by atoms with Crippen LogP contribution in [0.1, 0.15) is 25.0 Å². The molecule has 0 spiro atoms. The number of rotatable bonds is 5. The average molecular weight is 244 g/mol. The normalized spacial score (nSPS) is 11.8. The maximum absolute atomic E-state index is 13.0. The minimum Gasteiger partial charge on any atom is -0.312 e. The first-order valence-corrected chi connectivity index (χ1v) is 6.00. The van der Waals surface area contributed by atoms with Gasteiger partial charge < -0.3 is 5.32 Å². The van der Waals surface area contributed by atoms with Gasteiger partial charge in [0.05, 0.1) is 0 Å². The van der Waals surface area contributed by atoms with Crippen molar-refractivity contribution in [2.75, 3.05) is 12.4 Å². The van der Waals surface area contributed by atoms with Crippen LogP contribution in [0.2, 0.25) is 0 Å². The Hall–Kier alpha value is -0.600. The Labute approximate surface area is 102 Å². The summed E-state index contributed by atoms with van der Waals surface area (Å²) in [7, 11) is 0. The summed E-state index contributed by atoms with van der Waals surface area (Å²) in [6, 6.07) is 4.87. The van der Waals surface area contributed by atoms with Gasteiger partial charge in [-0.15, -0.1) is 11.6 Å². The molecule has 90 valence electrons. The Bertz CT molecular complexity index is 350. The van der Waals surface area contributed by atoms with Gasteiger partial charge in [-0.2, -0.15) is 0 Å². The monoisotopic (exact) mass is 243 g/mol. The van der Waals surface area contributed by atoms with Crippen LogP contribution in [0.4, 0.5) is 4.39 Å². The summed E-state index contributed by atoms with van der Waals surface area (Å²) in [5.41, 5.74) is 2.19. The molecule has 1 aromatic carbocycles. The minimum absolute atomic E-state index is 0.0722. The van der Waals surface area contributed by atoms with Crippen molar-refractivity contribution in [2.45, 2.75) is 27.3 Å². The molecule has 1 aromatic rings. The molecule has 16 heavy (non-hydrogen) atoms. The van der Waals surface area contributed by atoms with Crippen molar-refractivity contribution in [3.05, 3.63) is 35.1 Å². The van der Waals surface area contributed by atoms with Gasteiger partial charge in [-0.05, 0) is 35.6 Å². The fraction of sp³-hybridized carbons (Fsp3) is 0.538. The Morgan fingerprint density at radius 1 is 1.38 bits per heavy atom. The molecule has 0 aliphatic rings. The van der Waals surface area contributed by atoms with Gasteiger partial charge in [-0.1, -0.05) is 19.9 Å². The standard InChI is InChI=1S/C13H19ClFN/c1-10-4-5-12(15)6-11(10)7-16-9-13(2,3)8-14/h4-6,16H,7-9H2,1-3H3. The molecule has 0 saturated heterocycles. The van der Waals surface area contributed by atoms with E-state index in [1.165, 1.54) is 6.07 Å². The molecule has 0 aliphatic carbocycles. The number of benzene rings is 1. The Morgan fingerprint density at radius 3 is 2.69 bits per heavy atom. The molecule has 1 N–H and O–H groups in total. The van der Waals surface area contributed by atoms with Gasteiger partial charge in [-0.25, -0.2) is 4.39 Å². The molecular formula is C13H19ClFN. The maximum Gasteiger partial charge on any atom is 0.123 e. The van der Waals surface area contributed by atoms with E-state index in [1.807, 2.05) is 6.92 Å². The third-order valence-electron chi connectivity index (χ3n) is 2.59. The molecule has 0 aliphatic heterocycles. The number of hydrogen-bond donors (Lipinski definition) is 1. The van der Waals surface area contributed by atoms with E-state index in [-0.39, 0.29) is 11.2 Å². The van der Waals surface area contributed by atoms with E-state index in [0.29, 0.717) is 12.4 Å². The highest BCUT2D eigenvalue weighted by Gasteiger charge is 2.15. The van der Waals surface area contributed by atoms with Crippen LogP contribution < -0.4 is 5.32 Å². The van der Waals surface area contributed by atoms with Crippen molar-refractivity contribution < 1.29 is 4.39 Å². The molecule has 1 rings (SSSR count). The summed E-state index contributed by atoms with van der Waals surface area (Å²) < 4.78 is 13.0. The van der Waals surface area contributed by atoms with Crippen LogP contribution in [-0.2, 0) is 6.54 Å². The first kappa shape index (κ1) is 13.5. The number of alkyl halides is 1. The highest BCUT2D eigenvalue weighted by atomic mass is 35.5. The molecule has 0 heterocycles. The second kappa shape index (κ2) is 5.65. The van der Waals surface area contributed by atoms with E-state index < -0.39 is 0 Å². The van der Waals surface area contributed by atoms with Gasteiger partial charge in [0, 0.05) is 19.0 Å². The molecule has 0 fully saturated rings. The maximum atomic E-state index is 13.0. The molecule has 0 radical (unpaired) electrons. The zero-order chi connectivity index (χ0) is 12.2. The average Bonchev–Trinajstić information content (AvgIpc) is 2.23. The summed E-state index contributed by atoms with van der Waals surface area (Å²) in [4.78, 5) is 0. The molecular weight excluding hydrogens is 225 g/mol. The molecule has 1 nitrogen and oxygen atoms in total. The first-order chi connectivity index (χ1) is 7.44. The molecule has 0 atom stereocenters. The molecule has 0 bridgehead atoms. The van der Waals surface area contributed by atoms with Gasteiger partial charge >= 0.3 is 0 Å². The van der Waals surface area contributed by atoms with Crippen LogP contribution in [0.3, 0.4) is 0 Å². The summed E-state index contributed by atoms with van der Waals surface area (Å²) in [6.07, 6.45) is 0. The lowest BCUT2D eigenvalue weighted by Crippen LogP contribution is -2.30. The van der Waals surface area contributed by atoms with E-state index in [9.17, 15) is 4.39 Å². The lowest BCUT2D eigenvalue weighted by Gasteiger charge is -2.22. The Balaban J connectivity index is 2.52. The van der Waals surface area contributed by atoms with Crippen molar-refractivity contribution in [3.8, 4) is 0 Å². The summed E-state index contributed by atoms with van der Waals surface area (Å²) in [5.74, 6) is 0.432. The first-order valence-electron chi connectivity index (χ1n) is 5.46. The van der Waals surface area contributed by atoms with Crippen molar-refractivity contribution in [1.29, 1.82) is 0 Å². The van der Waals surface area contributed by atoms with Crippen molar-refractivity contribution in [1.82, 2.24) is 5.32 Å². The molecule has 0 aromatic heterocycles. The molecule has 0 unspecified atom stereocenters. The van der Waals surface area contributed by atoms with E-state index in [0.717, 1.165) is 17.7 Å². The van der Waals surface area contributed by atoms with Crippen molar-refractivity contribution in [2.24, 2.45) is 5.41 Å². The van der Waals surface area contributed by atoms with Crippen LogP contribution in [0, 0.1) is 18.2 Å². The zero-order valence-electron chi connectivity index (χ0n) is 10.1. The highest BCUT2D eigenvalue weighted by molar-refractivity contribution is 6.18. The third-order valence-corrected chi connectivity index (χ3v) is 3.32. The second-order valence-electron chi connectivity index (χ2n) is 4.97. The predicted octanol–water partition coefficient (Wildman–Crippen LogP) is 3.49. The number of nitrogens with one attached hydrogen (secondary N) is 1. The van der Waals surface area contributed by atoms with Gasteiger partial charge in [0.1, 0.15) is 5.82 Å². The van der Waals surface area contributed by atoms with Crippen LogP contribution in [0.25, 0.3) is 0 Å². The SMILES string of the molecule is Cc1ccc(F)cc1CNCC(C)(C)CCl. The van der Waals surface area contributed by atoms with Crippen molar-refractivity contribution >= 4 is 11.6 Å². The molecule has 0 saturated carbocycles. The quantitative estimate of drug-likeness (QED) is 0.781. The number of hydrogen-bond acceptors (Lipinski definition) is 1. The zero-order valence-corrected chi connectivity index (χ0v) is 10.9. The summed E-state index contributed by atoms with van der Waals surface area (Å²) in [6.45, 7) is 7.70. The van der Waals surface area contributed by atoms with Crippen molar-refractivity contribution in [3.63, 3.8) is 0 Å². The fourth-order valence-electron chi connectivity index (χ4n) is 1.41. The van der Waals surface area contributed by atoms with Crippen LogP contribution in [-0.4, -0.2) is 12.4 Å². The summed E-state index contributed by atoms with van der Waals surface area (Å²) >= 11 is 5.83. The highest BCUT2D eigenvalue weighted by Crippen LogP contribution is 2.16. The minimum atomic E-state index is -0.181. The third kappa shape index (κ3) is 4.11. The van der Waals surface area contributed by atoms with Crippen LogP contribution >= 0.6 is 11.6 Å². The van der Waals surface area contributed by atoms with E-state index in [4.69, 9.17) is 11.6 Å². The van der Waals surface area contributed by atoms with Crippen LogP contribution in [0.5, 0.6) is 0 Å². The van der Waals surface area contributed by atoms with Gasteiger partial charge in [0.2, 0.25) is 0 Å². The smallest absolute Gasteiger partial charge is 0.123 e. The molecule has 3 heteroatoms. The Kier molecular flexibility index (Phi) is 4.75. The fourth-order valence-corrected chi connectivity index (χ4v) is 1.51. The molecule has 0 amide bonds. The van der Waals surface area contributed by atoms with Gasteiger partial charge in [-0.3, -0.25) is 0 Å². The predicted molar refractivity (Wildman–Crippen MR) is 67.3 cm³/mol. The topological polar surface area (TPSA) is 12.0 Å². The van der Waals surface area contributed by atoms with E-state index in [1.54, 1.807) is 12.1 Å². The lowest BCUT2D eigenvalue weighted by atomic mass is 9.96. The van der Waals surface area contributed by atoms with E-state index >= 15 is 0 Å². The van der Waals surface area contributed by atoms with Crippen LogP contribution in [0.15, 0.2) is 18.2 Å². The number of aryl methyl sites for hydroxylation is 1. The Morgan fingerprint density at radius 2 is 2.06 bits per heavy atom. The van der Waals surface area contributed by atoms with Gasteiger partial charge in [0.15, 0.2) is 0 Å². The lowest BCUT2D eigenvalue weighted by molar-refractivity contribution is 0.385. The van der Waals surface area contributed by atoms with Gasteiger partial charge in [0.25, 0.3) is 0 Å². The largest absolute Gasteiger partial charge is 0.312 e.